The number of carbonyl (C=O) groups excluding carboxylic acids is 1. The quantitative estimate of drug-likeness (QED) is 0.189. The van der Waals surface area contributed by atoms with Crippen molar-refractivity contribution in [2.45, 2.75) is 38.2 Å². The van der Waals surface area contributed by atoms with E-state index in [9.17, 15) is 48.7 Å². The Morgan fingerprint density at radius 1 is 0.822 bits per heavy atom. The average Bonchev–Trinajstić information content (AvgIpc) is 2.96. The summed E-state index contributed by atoms with van der Waals surface area (Å²) >= 11 is 0. The van der Waals surface area contributed by atoms with Crippen LogP contribution < -0.4 is 15.8 Å². The van der Waals surface area contributed by atoms with Crippen LogP contribution in [0.25, 0.3) is 0 Å². The van der Waals surface area contributed by atoms with Gasteiger partial charge in [0.2, 0.25) is 0 Å². The molecule has 4 nitrogen and oxygen atoms in total. The number of alkyl halides is 7. The van der Waals surface area contributed by atoms with Crippen molar-refractivity contribution in [3.8, 4) is 5.75 Å². The van der Waals surface area contributed by atoms with E-state index in [1.807, 2.05) is 18.2 Å². The third-order valence-corrected chi connectivity index (χ3v) is 6.11. The number of aryl methyl sites for hydroxylation is 1. The second-order valence-corrected chi connectivity index (χ2v) is 9.49. The molecule has 14 heteroatoms. The number of hydrogen-bond acceptors (Lipinski definition) is 3. The number of rotatable bonds is 8. The highest BCUT2D eigenvalue weighted by molar-refractivity contribution is 5.95. The Balaban J connectivity index is 0.000000693. The minimum Gasteiger partial charge on any atom is -0.428 e. The van der Waals surface area contributed by atoms with Crippen molar-refractivity contribution in [2.24, 2.45) is 5.73 Å². The third kappa shape index (κ3) is 9.45. The van der Waals surface area contributed by atoms with Gasteiger partial charge in [-0.3, -0.25) is 4.79 Å². The monoisotopic (exact) mass is 646 g/mol. The molecule has 4 aromatic carbocycles. The first-order valence-electron chi connectivity index (χ1n) is 12.8. The Hall–Kier alpha value is -4.59. The van der Waals surface area contributed by atoms with Crippen molar-refractivity contribution < 1.29 is 53.4 Å². The van der Waals surface area contributed by atoms with E-state index in [2.05, 4.69) is 29.1 Å². The topological polar surface area (TPSA) is 64.3 Å². The highest BCUT2D eigenvalue weighted by Gasteiger charge is 2.44. The van der Waals surface area contributed by atoms with Crippen molar-refractivity contribution in [1.82, 2.24) is 5.32 Å². The van der Waals surface area contributed by atoms with Crippen molar-refractivity contribution in [2.75, 3.05) is 0 Å². The van der Waals surface area contributed by atoms with Crippen LogP contribution in [-0.2, 0) is 12.7 Å². The van der Waals surface area contributed by atoms with Crippen LogP contribution in [0.3, 0.4) is 0 Å². The van der Waals surface area contributed by atoms with Crippen LogP contribution in [0.4, 0.5) is 43.9 Å². The van der Waals surface area contributed by atoms with Crippen molar-refractivity contribution >= 4 is 5.91 Å². The maximum Gasteiger partial charge on any atom is 0.461 e. The number of nitrogens with two attached hydrogens (primary N) is 1. The van der Waals surface area contributed by atoms with E-state index in [1.165, 1.54) is 5.56 Å². The summed E-state index contributed by atoms with van der Waals surface area (Å²) in [6.07, 6.45) is -14.5. The number of ether oxygens (including phenoxy) is 1. The summed E-state index contributed by atoms with van der Waals surface area (Å²) < 4.78 is 137. The smallest absolute Gasteiger partial charge is 0.428 e. The molecule has 1 amide bonds. The number of amides is 1. The van der Waals surface area contributed by atoms with Crippen LogP contribution in [0, 0.1) is 24.4 Å². The standard InChI is InChI=1S/C24H16F10N2O2.C7H8/c25-15-6-13(7-16(9-15)38-24(33,34)22(28)29)20(11-1-3-18(26)14(5-11)10-35)36-21(37)12-2-4-19(27)17(8-12)23(30,31)32;1-7-5-3-2-4-6-7/h1-9,20,22H,10,35H2,(H,36,37);2-6H,1H3. The van der Waals surface area contributed by atoms with E-state index in [1.54, 1.807) is 0 Å². The molecule has 4 rings (SSSR count). The Morgan fingerprint density at radius 2 is 1.47 bits per heavy atom. The fourth-order valence-corrected chi connectivity index (χ4v) is 3.93. The fraction of sp³-hybridized carbons (Fsp3) is 0.194. The van der Waals surface area contributed by atoms with Gasteiger partial charge in [0.05, 0.1) is 11.6 Å². The lowest BCUT2D eigenvalue weighted by atomic mass is 9.95. The number of halogens is 10. The zero-order valence-corrected chi connectivity index (χ0v) is 23.1. The van der Waals surface area contributed by atoms with Crippen LogP contribution in [0.1, 0.15) is 44.2 Å². The van der Waals surface area contributed by atoms with E-state index in [-0.39, 0.29) is 23.7 Å². The van der Waals surface area contributed by atoms with E-state index >= 15 is 0 Å². The largest absolute Gasteiger partial charge is 0.461 e. The Bertz CT molecular complexity index is 1610. The zero-order chi connectivity index (χ0) is 33.5. The Kier molecular flexibility index (Phi) is 11.2. The molecule has 0 heterocycles. The van der Waals surface area contributed by atoms with Gasteiger partial charge in [0.15, 0.2) is 0 Å². The van der Waals surface area contributed by atoms with Crippen LogP contribution in [0.2, 0.25) is 0 Å². The maximum atomic E-state index is 14.3. The van der Waals surface area contributed by atoms with Gasteiger partial charge >= 0.3 is 18.7 Å². The van der Waals surface area contributed by atoms with Crippen LogP contribution in [-0.4, -0.2) is 18.4 Å². The molecule has 0 radical (unpaired) electrons. The Morgan fingerprint density at radius 3 is 2.02 bits per heavy atom. The molecule has 0 aliphatic carbocycles. The summed E-state index contributed by atoms with van der Waals surface area (Å²) in [6, 6.07) is 14.8. The molecule has 1 atom stereocenters. The molecule has 0 aliphatic rings. The number of benzene rings is 4. The highest BCUT2D eigenvalue weighted by atomic mass is 19.4. The maximum absolute atomic E-state index is 14.3. The molecular formula is C31H24F10N2O2. The van der Waals surface area contributed by atoms with Crippen molar-refractivity contribution in [1.29, 1.82) is 0 Å². The lowest BCUT2D eigenvalue weighted by molar-refractivity contribution is -0.253. The predicted molar refractivity (Wildman–Crippen MR) is 144 cm³/mol. The highest BCUT2D eigenvalue weighted by Crippen LogP contribution is 2.34. The van der Waals surface area contributed by atoms with Gasteiger partial charge in [0.25, 0.3) is 5.91 Å². The van der Waals surface area contributed by atoms with E-state index in [0.29, 0.717) is 24.3 Å². The van der Waals surface area contributed by atoms with Gasteiger partial charge in [0.1, 0.15) is 23.2 Å². The lowest BCUT2D eigenvalue weighted by Gasteiger charge is -2.23. The molecule has 0 spiro atoms. The van der Waals surface area contributed by atoms with E-state index < -0.39 is 70.6 Å². The molecule has 0 bridgehead atoms. The molecule has 0 aromatic heterocycles. The summed E-state index contributed by atoms with van der Waals surface area (Å²) in [4.78, 5) is 12.9. The van der Waals surface area contributed by atoms with Gasteiger partial charge in [-0.1, -0.05) is 42.0 Å². The average molecular weight is 647 g/mol. The van der Waals surface area contributed by atoms with Crippen LogP contribution in [0.15, 0.2) is 84.9 Å². The zero-order valence-electron chi connectivity index (χ0n) is 23.1. The third-order valence-electron chi connectivity index (χ3n) is 6.11. The predicted octanol–water partition coefficient (Wildman–Crippen LogP) is 8.33. The van der Waals surface area contributed by atoms with Gasteiger partial charge in [0, 0.05) is 23.7 Å². The summed E-state index contributed by atoms with van der Waals surface area (Å²) in [5, 5.41) is 2.22. The minimum atomic E-state index is -5.16. The fourth-order valence-electron chi connectivity index (χ4n) is 3.93. The van der Waals surface area contributed by atoms with Crippen LogP contribution >= 0.6 is 0 Å². The number of hydrogen-bond donors (Lipinski definition) is 2. The first-order valence-corrected chi connectivity index (χ1v) is 12.8. The first kappa shape index (κ1) is 34.9. The molecular weight excluding hydrogens is 622 g/mol. The molecule has 3 N–H and O–H groups in total. The van der Waals surface area contributed by atoms with Gasteiger partial charge in [-0.15, -0.1) is 0 Å². The summed E-state index contributed by atoms with van der Waals surface area (Å²) in [5.41, 5.74) is 3.78. The molecule has 4 aromatic rings. The summed E-state index contributed by atoms with van der Waals surface area (Å²) in [7, 11) is 0. The molecule has 45 heavy (non-hydrogen) atoms. The van der Waals surface area contributed by atoms with Crippen LogP contribution in [0.5, 0.6) is 5.75 Å². The summed E-state index contributed by atoms with van der Waals surface area (Å²) in [6.45, 7) is 1.73. The van der Waals surface area contributed by atoms with Gasteiger partial charge in [-0.2, -0.15) is 30.7 Å². The molecule has 0 saturated heterocycles. The number of carbonyl (C=O) groups is 1. The summed E-state index contributed by atoms with van der Waals surface area (Å²) in [5.74, 6) is -6.06. The van der Waals surface area contributed by atoms with Gasteiger partial charge in [-0.05, 0) is 60.5 Å². The second-order valence-electron chi connectivity index (χ2n) is 9.49. The molecule has 0 saturated carbocycles. The van der Waals surface area contributed by atoms with Gasteiger partial charge < -0.3 is 15.8 Å². The van der Waals surface area contributed by atoms with E-state index in [0.717, 1.165) is 24.3 Å². The van der Waals surface area contributed by atoms with Crippen molar-refractivity contribution in [3.05, 3.63) is 136 Å². The number of nitrogens with one attached hydrogen (secondary N) is 1. The normalized spacial score (nSPS) is 12.3. The Labute approximate surface area is 250 Å². The molecule has 1 unspecified atom stereocenters. The van der Waals surface area contributed by atoms with E-state index in [4.69, 9.17) is 5.73 Å². The molecule has 0 fully saturated rings. The van der Waals surface area contributed by atoms with Gasteiger partial charge in [-0.25, -0.2) is 13.2 Å². The first-order chi connectivity index (χ1) is 21.0. The second kappa shape index (κ2) is 14.5. The lowest BCUT2D eigenvalue weighted by Crippen LogP contribution is -2.33. The van der Waals surface area contributed by atoms with Crippen molar-refractivity contribution in [3.63, 3.8) is 0 Å². The molecule has 0 aliphatic heterocycles. The molecule has 240 valence electrons. The minimum absolute atomic E-state index is 0.0458. The SMILES string of the molecule is Cc1ccccc1.NCc1cc(C(NC(=O)c2ccc(F)c(C(F)(F)F)c2)c2cc(F)cc(OC(F)(F)C(F)F)c2)ccc1F.